The SMILES string of the molecule is CCOc1ccc2[nH]c(=O)c(CN(Cc3ccco3)[C@H](CC)c3nnnn3C[C@H]3CCCO3)cc2c1. The second-order valence-electron chi connectivity index (χ2n) is 9.07. The van der Waals surface area contributed by atoms with E-state index in [0.717, 1.165) is 54.1 Å². The summed E-state index contributed by atoms with van der Waals surface area (Å²) in [6, 6.07) is 11.3. The molecule has 5 rings (SSSR count). The summed E-state index contributed by atoms with van der Waals surface area (Å²) in [7, 11) is 0. The first-order valence-corrected chi connectivity index (χ1v) is 12.6. The van der Waals surface area contributed by atoms with Crippen LogP contribution in [0, 0.1) is 0 Å². The molecule has 0 saturated carbocycles. The van der Waals surface area contributed by atoms with E-state index in [-0.39, 0.29) is 17.7 Å². The van der Waals surface area contributed by atoms with Gasteiger partial charge in [0.2, 0.25) is 0 Å². The van der Waals surface area contributed by atoms with Crippen LogP contribution in [0.1, 0.15) is 56.3 Å². The molecule has 0 aliphatic carbocycles. The molecule has 190 valence electrons. The molecular formula is C26H32N6O4. The number of pyridine rings is 1. The number of benzene rings is 1. The van der Waals surface area contributed by atoms with Gasteiger partial charge in [0, 0.05) is 29.6 Å². The zero-order valence-corrected chi connectivity index (χ0v) is 20.7. The maximum absolute atomic E-state index is 13.1. The molecule has 10 heteroatoms. The van der Waals surface area contributed by atoms with Gasteiger partial charge in [-0.05, 0) is 73.0 Å². The molecule has 4 heterocycles. The van der Waals surface area contributed by atoms with E-state index in [1.165, 1.54) is 0 Å². The highest BCUT2D eigenvalue weighted by Crippen LogP contribution is 2.28. The lowest BCUT2D eigenvalue weighted by Crippen LogP contribution is -2.33. The van der Waals surface area contributed by atoms with E-state index in [1.807, 2.05) is 48.0 Å². The Morgan fingerprint density at radius 1 is 1.25 bits per heavy atom. The minimum atomic E-state index is -0.128. The molecule has 0 unspecified atom stereocenters. The van der Waals surface area contributed by atoms with Gasteiger partial charge in [-0.1, -0.05) is 6.92 Å². The Hall–Kier alpha value is -3.50. The average molecular weight is 493 g/mol. The highest BCUT2D eigenvalue weighted by molar-refractivity contribution is 5.80. The van der Waals surface area contributed by atoms with Crippen molar-refractivity contribution in [2.75, 3.05) is 13.2 Å². The molecule has 4 aromatic rings. The van der Waals surface area contributed by atoms with Crippen LogP contribution in [0.25, 0.3) is 10.9 Å². The Morgan fingerprint density at radius 2 is 2.17 bits per heavy atom. The van der Waals surface area contributed by atoms with Gasteiger partial charge in [-0.25, -0.2) is 4.68 Å². The van der Waals surface area contributed by atoms with Crippen LogP contribution in [-0.2, 0) is 24.4 Å². The Kier molecular flexibility index (Phi) is 7.43. The van der Waals surface area contributed by atoms with Gasteiger partial charge in [0.1, 0.15) is 11.5 Å². The van der Waals surface area contributed by atoms with Crippen molar-refractivity contribution in [2.24, 2.45) is 0 Å². The van der Waals surface area contributed by atoms with Crippen LogP contribution in [0.2, 0.25) is 0 Å². The lowest BCUT2D eigenvalue weighted by atomic mass is 10.1. The fraction of sp³-hybridized carbons (Fsp3) is 0.462. The maximum atomic E-state index is 13.1. The number of fused-ring (bicyclic) bond motifs is 1. The molecule has 2 atom stereocenters. The van der Waals surface area contributed by atoms with E-state index < -0.39 is 0 Å². The standard InChI is InChI=1S/C26H32N6O4/c1-3-24(25-28-29-30-32(25)17-22-8-6-12-36-22)31(16-21-7-5-11-35-21)15-19-13-18-14-20(34-4-2)9-10-23(18)27-26(19)33/h5,7,9-11,13-14,22,24H,3-4,6,8,12,15-17H2,1-2H3,(H,27,33)/t22-,24-/m1/s1. The molecule has 1 saturated heterocycles. The molecule has 1 N–H and O–H groups in total. The number of furan rings is 1. The lowest BCUT2D eigenvalue weighted by molar-refractivity contribution is 0.0882. The van der Waals surface area contributed by atoms with Gasteiger partial charge in [-0.3, -0.25) is 9.69 Å². The highest BCUT2D eigenvalue weighted by Gasteiger charge is 2.28. The van der Waals surface area contributed by atoms with Crippen LogP contribution in [-0.4, -0.2) is 49.4 Å². The number of hydrogen-bond acceptors (Lipinski definition) is 8. The van der Waals surface area contributed by atoms with Crippen molar-refractivity contribution in [2.45, 2.75) is 64.9 Å². The third kappa shape index (κ3) is 5.34. The number of nitrogens with zero attached hydrogens (tertiary/aromatic N) is 5. The molecule has 0 radical (unpaired) electrons. The van der Waals surface area contributed by atoms with Gasteiger partial charge in [-0.15, -0.1) is 5.10 Å². The van der Waals surface area contributed by atoms with Crippen LogP contribution in [0.5, 0.6) is 5.75 Å². The van der Waals surface area contributed by atoms with E-state index >= 15 is 0 Å². The number of tetrazole rings is 1. The predicted molar refractivity (Wildman–Crippen MR) is 134 cm³/mol. The number of aromatic amines is 1. The summed E-state index contributed by atoms with van der Waals surface area (Å²) in [4.78, 5) is 18.3. The van der Waals surface area contributed by atoms with Gasteiger partial charge in [0.05, 0.1) is 38.1 Å². The van der Waals surface area contributed by atoms with Crippen LogP contribution in [0.3, 0.4) is 0 Å². The van der Waals surface area contributed by atoms with Crippen molar-refractivity contribution in [3.63, 3.8) is 0 Å². The van der Waals surface area contributed by atoms with Crippen molar-refractivity contribution >= 4 is 10.9 Å². The van der Waals surface area contributed by atoms with Crippen LogP contribution >= 0.6 is 0 Å². The number of aromatic nitrogens is 5. The van der Waals surface area contributed by atoms with Crippen molar-refractivity contribution in [3.05, 3.63) is 70.2 Å². The predicted octanol–water partition coefficient (Wildman–Crippen LogP) is 3.84. The van der Waals surface area contributed by atoms with Crippen molar-refractivity contribution in [3.8, 4) is 5.75 Å². The smallest absolute Gasteiger partial charge is 0.252 e. The molecule has 36 heavy (non-hydrogen) atoms. The van der Waals surface area contributed by atoms with Crippen LogP contribution < -0.4 is 10.3 Å². The van der Waals surface area contributed by atoms with E-state index in [0.29, 0.717) is 31.8 Å². The first-order valence-electron chi connectivity index (χ1n) is 12.6. The summed E-state index contributed by atoms with van der Waals surface area (Å²) < 4.78 is 19.0. The Bertz CT molecular complexity index is 1330. The van der Waals surface area contributed by atoms with Gasteiger partial charge in [0.15, 0.2) is 5.82 Å². The first-order chi connectivity index (χ1) is 17.6. The zero-order valence-electron chi connectivity index (χ0n) is 20.7. The fourth-order valence-electron chi connectivity index (χ4n) is 4.87. The molecular weight excluding hydrogens is 460 g/mol. The zero-order chi connectivity index (χ0) is 24.9. The molecule has 3 aromatic heterocycles. The molecule has 1 aliphatic rings. The minimum Gasteiger partial charge on any atom is -0.494 e. The largest absolute Gasteiger partial charge is 0.494 e. The monoisotopic (exact) mass is 492 g/mol. The third-order valence-corrected chi connectivity index (χ3v) is 6.60. The average Bonchev–Trinajstić information content (AvgIpc) is 3.65. The number of hydrogen-bond donors (Lipinski definition) is 1. The molecule has 1 fully saturated rings. The molecule has 0 spiro atoms. The summed E-state index contributed by atoms with van der Waals surface area (Å²) in [5.41, 5.74) is 1.31. The maximum Gasteiger partial charge on any atom is 0.252 e. The molecule has 0 amide bonds. The topological polar surface area (TPSA) is 111 Å². The summed E-state index contributed by atoms with van der Waals surface area (Å²) in [5.74, 6) is 2.34. The van der Waals surface area contributed by atoms with Gasteiger partial charge in [0.25, 0.3) is 5.56 Å². The number of ether oxygens (including phenoxy) is 2. The fourth-order valence-corrected chi connectivity index (χ4v) is 4.87. The van der Waals surface area contributed by atoms with Gasteiger partial charge >= 0.3 is 0 Å². The third-order valence-electron chi connectivity index (χ3n) is 6.60. The highest BCUT2D eigenvalue weighted by atomic mass is 16.5. The van der Waals surface area contributed by atoms with E-state index in [2.05, 4.69) is 32.3 Å². The molecule has 10 nitrogen and oxygen atoms in total. The Balaban J connectivity index is 1.48. The van der Waals surface area contributed by atoms with Crippen molar-refractivity contribution < 1.29 is 13.9 Å². The molecule has 0 bridgehead atoms. The lowest BCUT2D eigenvalue weighted by Gasteiger charge is -2.29. The number of rotatable bonds is 11. The van der Waals surface area contributed by atoms with Crippen molar-refractivity contribution in [1.29, 1.82) is 0 Å². The van der Waals surface area contributed by atoms with Gasteiger partial charge < -0.3 is 18.9 Å². The second kappa shape index (κ2) is 11.0. The second-order valence-corrected chi connectivity index (χ2v) is 9.07. The van der Waals surface area contributed by atoms with Crippen LogP contribution in [0.15, 0.2) is 51.9 Å². The summed E-state index contributed by atoms with van der Waals surface area (Å²) in [5, 5.41) is 13.6. The normalized spacial score (nSPS) is 16.7. The van der Waals surface area contributed by atoms with Crippen molar-refractivity contribution in [1.82, 2.24) is 30.1 Å². The summed E-state index contributed by atoms with van der Waals surface area (Å²) >= 11 is 0. The number of nitrogens with one attached hydrogen (secondary N) is 1. The summed E-state index contributed by atoms with van der Waals surface area (Å²) in [6.45, 7) is 6.93. The van der Waals surface area contributed by atoms with Gasteiger partial charge in [-0.2, -0.15) is 0 Å². The molecule has 1 aliphatic heterocycles. The Morgan fingerprint density at radius 3 is 2.92 bits per heavy atom. The minimum absolute atomic E-state index is 0.117. The molecule has 1 aromatic carbocycles. The summed E-state index contributed by atoms with van der Waals surface area (Å²) in [6.07, 6.45) is 4.59. The quantitative estimate of drug-likeness (QED) is 0.336. The van der Waals surface area contributed by atoms with E-state index in [9.17, 15) is 4.79 Å². The first kappa shape index (κ1) is 24.2. The van der Waals surface area contributed by atoms with E-state index in [1.54, 1.807) is 6.26 Å². The van der Waals surface area contributed by atoms with Crippen LogP contribution in [0.4, 0.5) is 0 Å². The number of H-pyrrole nitrogens is 1. The van der Waals surface area contributed by atoms with E-state index in [4.69, 9.17) is 13.9 Å². The Labute approximate surface area is 209 Å².